The third-order valence-corrected chi connectivity index (χ3v) is 9.03. The number of methoxy groups -OCH3 is 2. The van der Waals surface area contributed by atoms with E-state index < -0.39 is 45.5 Å². The van der Waals surface area contributed by atoms with Gasteiger partial charge in [-0.15, -0.1) is 26.9 Å². The van der Waals surface area contributed by atoms with Crippen molar-refractivity contribution in [2.24, 2.45) is 14.1 Å². The molecule has 2 amide bonds. The molecule has 1 unspecified atom stereocenters. The van der Waals surface area contributed by atoms with Crippen molar-refractivity contribution < 1.29 is 45.4 Å². The molecular formula is C28H30Cl2F3N13O8S. The second-order valence-electron chi connectivity index (χ2n) is 10.6. The summed E-state index contributed by atoms with van der Waals surface area (Å²) >= 11 is 11.9. The molecule has 296 valence electrons. The van der Waals surface area contributed by atoms with Crippen molar-refractivity contribution in [1.29, 1.82) is 0 Å². The number of benzene rings is 1. The summed E-state index contributed by atoms with van der Waals surface area (Å²) in [5.41, 5.74) is -1.30. The van der Waals surface area contributed by atoms with E-state index in [-0.39, 0.29) is 73.8 Å². The van der Waals surface area contributed by atoms with Gasteiger partial charge in [0, 0.05) is 18.5 Å². The summed E-state index contributed by atoms with van der Waals surface area (Å²) < 4.78 is 83.9. The minimum absolute atomic E-state index is 0.0299. The van der Waals surface area contributed by atoms with E-state index in [9.17, 15) is 36.0 Å². The Morgan fingerprint density at radius 3 is 2.25 bits per heavy atom. The van der Waals surface area contributed by atoms with E-state index in [1.165, 1.54) is 47.5 Å². The van der Waals surface area contributed by atoms with Gasteiger partial charge in [-0.25, -0.2) is 23.3 Å². The average Bonchev–Trinajstić information content (AvgIpc) is 3.81. The normalized spacial score (nSPS) is 11.8. The lowest BCUT2D eigenvalue weighted by Gasteiger charge is -2.12. The lowest BCUT2D eigenvalue weighted by molar-refractivity contribution is -0.142. The van der Waals surface area contributed by atoms with Gasteiger partial charge in [-0.1, -0.05) is 11.6 Å². The van der Waals surface area contributed by atoms with Crippen LogP contribution in [-0.2, 0) is 40.1 Å². The molecule has 0 saturated carbocycles. The molecule has 0 radical (unpaired) electrons. The number of amides is 2. The van der Waals surface area contributed by atoms with Gasteiger partial charge >= 0.3 is 24.2 Å². The first-order valence-electron chi connectivity index (χ1n) is 15.2. The molecule has 0 aliphatic heterocycles. The number of hydrogen-bond donors (Lipinski definition) is 2. The Hall–Kier alpha value is -5.82. The van der Waals surface area contributed by atoms with Crippen LogP contribution in [0.1, 0.15) is 24.9 Å². The summed E-state index contributed by atoms with van der Waals surface area (Å²) in [5, 5.41) is 19.7. The van der Waals surface area contributed by atoms with Crippen molar-refractivity contribution in [3.05, 3.63) is 57.1 Å². The Balaban J connectivity index is 0.000000246. The first-order chi connectivity index (χ1) is 25.9. The Bertz CT molecular complexity index is 2350. The van der Waals surface area contributed by atoms with Gasteiger partial charge in [0.15, 0.2) is 10.8 Å². The van der Waals surface area contributed by atoms with Gasteiger partial charge in [0.2, 0.25) is 23.5 Å². The van der Waals surface area contributed by atoms with Gasteiger partial charge in [-0.2, -0.15) is 41.7 Å². The van der Waals surface area contributed by atoms with Gasteiger partial charge in [-0.05, 0) is 36.8 Å². The van der Waals surface area contributed by atoms with Crippen molar-refractivity contribution in [2.75, 3.05) is 26.1 Å². The quantitative estimate of drug-likeness (QED) is 0.135. The van der Waals surface area contributed by atoms with Gasteiger partial charge < -0.3 is 14.2 Å². The molecule has 5 rings (SSSR count). The number of anilines is 1. The Morgan fingerprint density at radius 1 is 1.05 bits per heavy atom. The lowest BCUT2D eigenvalue weighted by Crippen LogP contribution is -2.36. The van der Waals surface area contributed by atoms with Gasteiger partial charge in [0.1, 0.15) is 16.9 Å². The van der Waals surface area contributed by atoms with Crippen LogP contribution in [0.3, 0.4) is 0 Å². The highest BCUT2D eigenvalue weighted by atomic mass is 35.5. The second-order valence-corrected chi connectivity index (χ2v) is 13.2. The Labute approximate surface area is 318 Å². The summed E-state index contributed by atoms with van der Waals surface area (Å²) in [6, 6.07) is 2.30. The Morgan fingerprint density at radius 2 is 1.71 bits per heavy atom. The second kappa shape index (κ2) is 17.5. The summed E-state index contributed by atoms with van der Waals surface area (Å²) in [7, 11) is 1.27. The number of aryl methyl sites for hydroxylation is 3. The van der Waals surface area contributed by atoms with Crippen LogP contribution in [0.15, 0.2) is 34.2 Å². The van der Waals surface area contributed by atoms with E-state index in [2.05, 4.69) is 40.9 Å². The van der Waals surface area contributed by atoms with Crippen molar-refractivity contribution in [3.63, 3.8) is 0 Å². The maximum atomic E-state index is 14.2. The smallest absolute Gasteiger partial charge is 0.355 e. The molecule has 1 aromatic carbocycles. The van der Waals surface area contributed by atoms with Gasteiger partial charge in [0.25, 0.3) is 10.0 Å². The van der Waals surface area contributed by atoms with Crippen LogP contribution in [0.4, 0.5) is 23.9 Å². The number of aromatic nitrogens is 11. The molecule has 5 aromatic rings. The van der Waals surface area contributed by atoms with E-state index in [4.69, 9.17) is 37.4 Å². The number of carbonyl (C=O) groups is 2. The van der Waals surface area contributed by atoms with E-state index in [1.807, 2.05) is 4.72 Å². The first-order valence-corrected chi connectivity index (χ1v) is 17.5. The van der Waals surface area contributed by atoms with Crippen molar-refractivity contribution in [2.45, 2.75) is 37.2 Å². The molecule has 2 N–H and O–H groups in total. The number of rotatable bonds is 12. The monoisotopic (exact) mass is 835 g/mol. The van der Waals surface area contributed by atoms with Crippen LogP contribution in [0.25, 0.3) is 17.1 Å². The third kappa shape index (κ3) is 9.84. The van der Waals surface area contributed by atoms with Crippen LogP contribution in [0.2, 0.25) is 5.02 Å². The zero-order chi connectivity index (χ0) is 40.8. The maximum Gasteiger partial charge on any atom is 0.355 e. The maximum absolute atomic E-state index is 14.2. The van der Waals surface area contributed by atoms with E-state index in [0.717, 1.165) is 21.6 Å². The number of esters is 1. The summed E-state index contributed by atoms with van der Waals surface area (Å²) in [6.45, 7) is -0.195. The largest absolute Gasteiger partial charge is 0.481 e. The number of nitrogens with one attached hydrogen (secondary N) is 2. The van der Waals surface area contributed by atoms with E-state index >= 15 is 0 Å². The molecule has 4 aromatic heterocycles. The van der Waals surface area contributed by atoms with Crippen molar-refractivity contribution in [1.82, 2.24) is 59.0 Å². The lowest BCUT2D eigenvalue weighted by atomic mass is 10.1. The van der Waals surface area contributed by atoms with Crippen LogP contribution in [0, 0.1) is 12.7 Å². The SMILES string of the molecule is CCOC(=O)C(Cl)Cc1cc(-n2nc(C)n(C(F)F)c2=O)c(F)cc1Cl.COc1cc(OC)nc(NC(=O)NS(=O)(=O)c2c(-c3nnn(C)n3)cnn2C)n1. The predicted octanol–water partition coefficient (Wildman–Crippen LogP) is 2.17. The first kappa shape index (κ1) is 41.9. The highest BCUT2D eigenvalue weighted by Gasteiger charge is 2.29. The van der Waals surface area contributed by atoms with E-state index in [0.29, 0.717) is 4.68 Å². The van der Waals surface area contributed by atoms with Crippen LogP contribution in [-0.4, -0.2) is 101 Å². The predicted molar refractivity (Wildman–Crippen MR) is 184 cm³/mol. The number of urea groups is 1. The topological polar surface area (TPSA) is 247 Å². The molecule has 21 nitrogen and oxygen atoms in total. The molecular weight excluding hydrogens is 806 g/mol. The molecule has 55 heavy (non-hydrogen) atoms. The zero-order valence-corrected chi connectivity index (χ0v) is 31.7. The summed E-state index contributed by atoms with van der Waals surface area (Å²) in [4.78, 5) is 44.9. The van der Waals surface area contributed by atoms with E-state index in [1.54, 1.807) is 6.92 Å². The molecule has 0 bridgehead atoms. The fourth-order valence-electron chi connectivity index (χ4n) is 4.52. The molecule has 0 fully saturated rings. The fraction of sp³-hybridized carbons (Fsp3) is 0.357. The molecule has 4 heterocycles. The standard InChI is InChI=1S/C15H14Cl2F3N3O3.C13H16N10O5S/c1-3-26-13(24)10(17)4-8-5-12(11(18)6-9(8)16)23-15(25)22(14(19)20)7(2)21-23;1-22-11(7(6-14-22)10-18-21-23(2)19-10)29(25,26)20-13(24)17-12-15-8(27-3)5-9(16-12)28-4/h5-6,10,14H,3-4H2,1-2H3;5-6H,1-4H3,(H2,15,16,17,20,24). The van der Waals surface area contributed by atoms with Gasteiger partial charge in [0.05, 0.1) is 45.7 Å². The van der Waals surface area contributed by atoms with Crippen molar-refractivity contribution >= 4 is 51.2 Å². The van der Waals surface area contributed by atoms with Gasteiger partial charge in [-0.3, -0.25) is 14.8 Å². The number of sulfonamides is 1. The van der Waals surface area contributed by atoms with Crippen LogP contribution >= 0.6 is 23.2 Å². The number of hydrogen-bond acceptors (Lipinski definition) is 15. The minimum atomic E-state index is -4.36. The molecule has 1 atom stereocenters. The summed E-state index contributed by atoms with van der Waals surface area (Å²) in [6.07, 6.45) is 1.13. The van der Waals surface area contributed by atoms with Crippen LogP contribution < -0.4 is 25.2 Å². The van der Waals surface area contributed by atoms with Crippen molar-refractivity contribution in [3.8, 4) is 28.8 Å². The Kier molecular flexibility index (Phi) is 13.4. The number of nitrogens with zero attached hydrogens (tertiary/aromatic N) is 11. The minimum Gasteiger partial charge on any atom is -0.481 e. The highest BCUT2D eigenvalue weighted by Crippen LogP contribution is 2.26. The molecule has 27 heteroatoms. The number of halogens is 5. The number of ether oxygens (including phenoxy) is 3. The third-order valence-electron chi connectivity index (χ3n) is 6.90. The molecule has 0 aliphatic rings. The molecule has 0 spiro atoms. The average molecular weight is 837 g/mol. The number of tetrazole rings is 1. The summed E-state index contributed by atoms with van der Waals surface area (Å²) in [5.74, 6) is -1.90. The molecule has 0 saturated heterocycles. The number of alkyl halides is 3. The zero-order valence-electron chi connectivity index (χ0n) is 29.4. The fourth-order valence-corrected chi connectivity index (χ4v) is 6.20. The highest BCUT2D eigenvalue weighted by molar-refractivity contribution is 7.90. The molecule has 0 aliphatic carbocycles. The number of carbonyl (C=O) groups excluding carboxylic acids is 2. The van der Waals surface area contributed by atoms with Crippen LogP contribution in [0.5, 0.6) is 11.8 Å².